The smallest absolute Gasteiger partial charge is 0.242 e. The van der Waals surface area contributed by atoms with Gasteiger partial charge in [-0.1, -0.05) is 72.8 Å². The largest absolute Gasteiger partial charge is 0.454 e. The maximum atomic E-state index is 13.6. The lowest BCUT2D eigenvalue weighted by Crippen LogP contribution is -2.43. The SMILES string of the molecule is CCN(CCNC(c1ccccc1)c1ccc2c(c1)OCO2)C(=O)CN(C1=CC=CCC=C1)c1ccccc1. The highest BCUT2D eigenvalue weighted by Crippen LogP contribution is 2.35. The van der Waals surface area contributed by atoms with Crippen LogP contribution in [0.5, 0.6) is 11.5 Å². The molecule has 200 valence electrons. The Bertz CT molecular complexity index is 1330. The maximum absolute atomic E-state index is 13.6. The number of rotatable bonds is 11. The molecular formula is C33H35N3O3. The summed E-state index contributed by atoms with van der Waals surface area (Å²) in [6.45, 7) is 4.43. The fourth-order valence-corrected chi connectivity index (χ4v) is 4.89. The van der Waals surface area contributed by atoms with Crippen molar-refractivity contribution in [2.45, 2.75) is 19.4 Å². The minimum absolute atomic E-state index is 0.0385. The Balaban J connectivity index is 1.28. The number of ether oxygens (including phenoxy) is 2. The molecular weight excluding hydrogens is 486 g/mol. The predicted molar refractivity (Wildman–Crippen MR) is 156 cm³/mol. The van der Waals surface area contributed by atoms with E-state index in [4.69, 9.17) is 9.47 Å². The Labute approximate surface area is 230 Å². The normalized spacial score (nSPS) is 14.4. The Morgan fingerprint density at radius 2 is 1.69 bits per heavy atom. The number of carbonyl (C=O) groups excluding carboxylic acids is 1. The van der Waals surface area contributed by atoms with Gasteiger partial charge in [0.2, 0.25) is 12.7 Å². The number of hydrogen-bond acceptors (Lipinski definition) is 5. The molecule has 0 radical (unpaired) electrons. The van der Waals surface area contributed by atoms with Gasteiger partial charge in [-0.2, -0.15) is 0 Å². The number of hydrogen-bond donors (Lipinski definition) is 1. The van der Waals surface area contributed by atoms with Crippen LogP contribution in [-0.2, 0) is 4.79 Å². The van der Waals surface area contributed by atoms with Crippen molar-refractivity contribution in [3.8, 4) is 11.5 Å². The minimum Gasteiger partial charge on any atom is -0.454 e. The van der Waals surface area contributed by atoms with E-state index in [-0.39, 0.29) is 25.3 Å². The summed E-state index contributed by atoms with van der Waals surface area (Å²) in [6, 6.07) is 26.5. The molecule has 0 aromatic heterocycles. The van der Waals surface area contributed by atoms with E-state index >= 15 is 0 Å². The van der Waals surface area contributed by atoms with Gasteiger partial charge in [-0.05, 0) is 60.9 Å². The summed E-state index contributed by atoms with van der Waals surface area (Å²) >= 11 is 0. The molecule has 2 aliphatic rings. The van der Waals surface area contributed by atoms with E-state index in [9.17, 15) is 4.79 Å². The van der Waals surface area contributed by atoms with Crippen LogP contribution in [0.15, 0.2) is 115 Å². The molecule has 1 heterocycles. The number of nitrogens with one attached hydrogen (secondary N) is 1. The topological polar surface area (TPSA) is 54.0 Å². The van der Waals surface area contributed by atoms with Gasteiger partial charge in [0, 0.05) is 31.0 Å². The fourth-order valence-electron chi connectivity index (χ4n) is 4.89. The molecule has 3 aromatic rings. The van der Waals surface area contributed by atoms with Crippen molar-refractivity contribution < 1.29 is 14.3 Å². The summed E-state index contributed by atoms with van der Waals surface area (Å²) in [7, 11) is 0. The minimum atomic E-state index is -0.0385. The number of fused-ring (bicyclic) bond motifs is 1. The van der Waals surface area contributed by atoms with E-state index in [1.807, 2.05) is 72.5 Å². The molecule has 1 amide bonds. The summed E-state index contributed by atoms with van der Waals surface area (Å²) in [5.74, 6) is 1.62. The van der Waals surface area contributed by atoms with Crippen LogP contribution in [0.1, 0.15) is 30.5 Å². The van der Waals surface area contributed by atoms with Crippen LogP contribution < -0.4 is 19.7 Å². The molecule has 39 heavy (non-hydrogen) atoms. The van der Waals surface area contributed by atoms with Gasteiger partial charge in [-0.3, -0.25) is 4.79 Å². The van der Waals surface area contributed by atoms with Crippen molar-refractivity contribution in [1.29, 1.82) is 0 Å². The first-order chi connectivity index (χ1) is 19.2. The Hall–Kier alpha value is -4.29. The van der Waals surface area contributed by atoms with Crippen molar-refractivity contribution in [1.82, 2.24) is 10.2 Å². The van der Waals surface area contributed by atoms with Crippen LogP contribution in [0, 0.1) is 0 Å². The number of para-hydroxylation sites is 1. The molecule has 6 nitrogen and oxygen atoms in total. The highest BCUT2D eigenvalue weighted by molar-refractivity contribution is 5.83. The zero-order valence-corrected chi connectivity index (χ0v) is 22.3. The molecule has 0 fully saturated rings. The van der Waals surface area contributed by atoms with Gasteiger partial charge in [-0.15, -0.1) is 0 Å². The highest BCUT2D eigenvalue weighted by Gasteiger charge is 2.22. The molecule has 0 saturated carbocycles. The number of likely N-dealkylation sites (N-methyl/N-ethyl adjacent to an activating group) is 1. The van der Waals surface area contributed by atoms with Crippen molar-refractivity contribution in [2.75, 3.05) is 37.9 Å². The van der Waals surface area contributed by atoms with Crippen LogP contribution in [0.25, 0.3) is 0 Å². The molecule has 1 aliphatic heterocycles. The third-order valence-electron chi connectivity index (χ3n) is 6.96. The molecule has 3 aromatic carbocycles. The van der Waals surface area contributed by atoms with Crippen molar-refractivity contribution in [2.24, 2.45) is 0 Å². The van der Waals surface area contributed by atoms with E-state index in [1.54, 1.807) is 0 Å². The predicted octanol–water partition coefficient (Wildman–Crippen LogP) is 5.85. The Morgan fingerprint density at radius 1 is 0.923 bits per heavy atom. The molecule has 1 unspecified atom stereocenters. The fraction of sp³-hybridized carbons (Fsp3) is 0.242. The van der Waals surface area contributed by atoms with Gasteiger partial charge >= 0.3 is 0 Å². The molecule has 0 saturated heterocycles. The van der Waals surface area contributed by atoms with Gasteiger partial charge in [0.15, 0.2) is 11.5 Å². The zero-order chi connectivity index (χ0) is 26.9. The van der Waals surface area contributed by atoms with Gasteiger partial charge in [-0.25, -0.2) is 0 Å². The van der Waals surface area contributed by atoms with Gasteiger partial charge in [0.25, 0.3) is 0 Å². The van der Waals surface area contributed by atoms with E-state index in [0.717, 1.165) is 40.4 Å². The lowest BCUT2D eigenvalue weighted by molar-refractivity contribution is -0.129. The number of nitrogens with zero attached hydrogens (tertiary/aromatic N) is 2. The monoisotopic (exact) mass is 521 g/mol. The number of carbonyl (C=O) groups is 1. The molecule has 6 heteroatoms. The number of anilines is 1. The van der Waals surface area contributed by atoms with Crippen molar-refractivity contribution in [3.05, 3.63) is 126 Å². The van der Waals surface area contributed by atoms with Gasteiger partial charge < -0.3 is 24.6 Å². The second-order valence-corrected chi connectivity index (χ2v) is 9.46. The summed E-state index contributed by atoms with van der Waals surface area (Å²) < 4.78 is 11.1. The second-order valence-electron chi connectivity index (χ2n) is 9.46. The number of benzene rings is 3. The third-order valence-corrected chi connectivity index (χ3v) is 6.96. The van der Waals surface area contributed by atoms with Crippen LogP contribution in [0.4, 0.5) is 5.69 Å². The molecule has 1 aliphatic carbocycles. The average molecular weight is 522 g/mol. The van der Waals surface area contributed by atoms with Gasteiger partial charge in [0.05, 0.1) is 6.04 Å². The first-order valence-corrected chi connectivity index (χ1v) is 13.5. The summed E-state index contributed by atoms with van der Waals surface area (Å²) in [5.41, 5.74) is 4.25. The highest BCUT2D eigenvalue weighted by atomic mass is 16.7. The first-order valence-electron chi connectivity index (χ1n) is 13.5. The molecule has 1 N–H and O–H groups in total. The Kier molecular flexibility index (Phi) is 8.76. The molecule has 1 atom stereocenters. The van der Waals surface area contributed by atoms with E-state index in [0.29, 0.717) is 19.6 Å². The zero-order valence-electron chi connectivity index (χ0n) is 22.3. The summed E-state index contributed by atoms with van der Waals surface area (Å²) in [6.07, 6.45) is 11.3. The van der Waals surface area contributed by atoms with Crippen molar-refractivity contribution in [3.63, 3.8) is 0 Å². The molecule has 0 spiro atoms. The maximum Gasteiger partial charge on any atom is 0.242 e. The van der Waals surface area contributed by atoms with Crippen molar-refractivity contribution >= 4 is 11.6 Å². The molecule has 5 rings (SSSR count). The quantitative estimate of drug-likeness (QED) is 0.343. The number of allylic oxidation sites excluding steroid dienone is 5. The standard InChI is InChI=1S/C33H35N3O3/c1-2-35(32(37)24-36(29-17-11-6-12-18-29)28-15-9-3-4-10-16-28)22-21-34-33(26-13-7-5-8-14-26)27-19-20-30-31(23-27)39-25-38-30/h3,5-20,23,33-34H,2,4,21-22,24-25H2,1H3. The van der Waals surface area contributed by atoms with Crippen LogP contribution >= 0.6 is 0 Å². The lowest BCUT2D eigenvalue weighted by atomic mass is 9.98. The lowest BCUT2D eigenvalue weighted by Gasteiger charge is -2.29. The van der Waals surface area contributed by atoms with E-state index in [2.05, 4.69) is 58.8 Å². The van der Waals surface area contributed by atoms with Crippen LogP contribution in [0.2, 0.25) is 0 Å². The van der Waals surface area contributed by atoms with E-state index < -0.39 is 0 Å². The van der Waals surface area contributed by atoms with Crippen LogP contribution in [0.3, 0.4) is 0 Å². The number of amides is 1. The summed E-state index contributed by atoms with van der Waals surface area (Å²) in [5, 5.41) is 3.68. The average Bonchev–Trinajstić information content (AvgIpc) is 3.29. The Morgan fingerprint density at radius 3 is 2.49 bits per heavy atom. The summed E-state index contributed by atoms with van der Waals surface area (Å²) in [4.78, 5) is 17.6. The van der Waals surface area contributed by atoms with Crippen LogP contribution in [-0.4, -0.2) is 43.8 Å². The third kappa shape index (κ3) is 6.59. The first kappa shape index (κ1) is 26.3. The van der Waals surface area contributed by atoms with Gasteiger partial charge in [0.1, 0.15) is 6.54 Å². The second kappa shape index (κ2) is 13.0. The molecule has 0 bridgehead atoms. The van der Waals surface area contributed by atoms with E-state index in [1.165, 1.54) is 0 Å².